The Balaban J connectivity index is 2.43. The first-order valence-electron chi connectivity index (χ1n) is 5.67. The maximum atomic E-state index is 6.03. The molecule has 4 heteroatoms. The molecule has 0 saturated heterocycles. The zero-order chi connectivity index (χ0) is 13.3. The zero-order valence-corrected chi connectivity index (χ0v) is 12.0. The topological polar surface area (TPSA) is 25.8 Å². The van der Waals surface area contributed by atoms with E-state index in [4.69, 9.17) is 23.2 Å². The van der Waals surface area contributed by atoms with E-state index in [2.05, 4.69) is 43.1 Å². The van der Waals surface area contributed by atoms with Gasteiger partial charge in [0.2, 0.25) is 0 Å². The first-order valence-corrected chi connectivity index (χ1v) is 6.43. The molecule has 0 amide bonds. The van der Waals surface area contributed by atoms with Gasteiger partial charge in [0.15, 0.2) is 10.3 Å². The molecule has 0 fully saturated rings. The van der Waals surface area contributed by atoms with Gasteiger partial charge in [0, 0.05) is 5.56 Å². The Hall–Kier alpha value is -1.12. The van der Waals surface area contributed by atoms with E-state index in [0.717, 1.165) is 11.1 Å². The summed E-state index contributed by atoms with van der Waals surface area (Å²) in [4.78, 5) is 0. The van der Waals surface area contributed by atoms with E-state index in [1.165, 1.54) is 5.56 Å². The van der Waals surface area contributed by atoms with Crippen molar-refractivity contribution in [2.45, 2.75) is 26.2 Å². The van der Waals surface area contributed by atoms with E-state index in [9.17, 15) is 0 Å². The van der Waals surface area contributed by atoms with Crippen molar-refractivity contribution in [1.29, 1.82) is 0 Å². The van der Waals surface area contributed by atoms with Crippen LogP contribution in [0.1, 0.15) is 26.3 Å². The van der Waals surface area contributed by atoms with Gasteiger partial charge in [-0.3, -0.25) is 0 Å². The molecule has 0 unspecified atom stereocenters. The predicted molar refractivity (Wildman–Crippen MR) is 76.2 cm³/mol. The lowest BCUT2D eigenvalue weighted by atomic mass is 9.86. The molecule has 1 aromatic heterocycles. The van der Waals surface area contributed by atoms with E-state index in [1.54, 1.807) is 6.07 Å². The van der Waals surface area contributed by atoms with E-state index in [1.807, 2.05) is 12.1 Å². The minimum absolute atomic E-state index is 0.135. The average Bonchev–Trinajstić information content (AvgIpc) is 2.31. The van der Waals surface area contributed by atoms with Crippen molar-refractivity contribution < 1.29 is 0 Å². The van der Waals surface area contributed by atoms with Gasteiger partial charge in [0.1, 0.15) is 0 Å². The molecule has 0 radical (unpaired) electrons. The van der Waals surface area contributed by atoms with E-state index in [0.29, 0.717) is 10.3 Å². The molecular weight excluding hydrogens is 267 g/mol. The minimum atomic E-state index is 0.135. The van der Waals surface area contributed by atoms with Gasteiger partial charge in [-0.1, -0.05) is 68.2 Å². The first kappa shape index (κ1) is 13.3. The summed E-state index contributed by atoms with van der Waals surface area (Å²) in [6, 6.07) is 9.97. The summed E-state index contributed by atoms with van der Waals surface area (Å²) in [5.41, 5.74) is 3.20. The molecule has 0 aliphatic carbocycles. The molecule has 2 nitrogen and oxygen atoms in total. The standard InChI is InChI=1S/C14H14Cl2N2/c1-14(2,3)10-6-4-9(5-7-10)11-8-12(15)17-18-13(11)16/h4-8H,1-3H3. The van der Waals surface area contributed by atoms with E-state index >= 15 is 0 Å². The summed E-state index contributed by atoms with van der Waals surface area (Å²) in [6.07, 6.45) is 0. The molecule has 2 aromatic rings. The second kappa shape index (κ2) is 4.87. The molecule has 0 atom stereocenters. The van der Waals surface area contributed by atoms with Gasteiger partial charge in [-0.25, -0.2) is 0 Å². The molecule has 94 valence electrons. The Morgan fingerprint density at radius 1 is 0.944 bits per heavy atom. The van der Waals surface area contributed by atoms with Gasteiger partial charge in [0.05, 0.1) is 0 Å². The molecule has 0 saturated carbocycles. The minimum Gasteiger partial charge on any atom is -0.137 e. The number of halogens is 2. The maximum Gasteiger partial charge on any atom is 0.159 e. The second-order valence-electron chi connectivity index (χ2n) is 5.20. The van der Waals surface area contributed by atoms with Gasteiger partial charge in [0.25, 0.3) is 0 Å². The molecule has 0 aliphatic rings. The number of rotatable bonds is 1. The van der Waals surface area contributed by atoms with Crippen LogP contribution in [-0.2, 0) is 5.41 Å². The fourth-order valence-electron chi connectivity index (χ4n) is 1.71. The van der Waals surface area contributed by atoms with Crippen molar-refractivity contribution in [3.63, 3.8) is 0 Å². The number of hydrogen-bond donors (Lipinski definition) is 0. The Morgan fingerprint density at radius 2 is 1.56 bits per heavy atom. The van der Waals surface area contributed by atoms with Crippen LogP contribution in [0, 0.1) is 0 Å². The normalized spacial score (nSPS) is 11.6. The van der Waals surface area contributed by atoms with Crippen molar-refractivity contribution in [3.8, 4) is 11.1 Å². The molecular formula is C14H14Cl2N2. The van der Waals surface area contributed by atoms with Crippen LogP contribution in [0.25, 0.3) is 11.1 Å². The SMILES string of the molecule is CC(C)(C)c1ccc(-c2cc(Cl)nnc2Cl)cc1. The fraction of sp³-hybridized carbons (Fsp3) is 0.286. The van der Waals surface area contributed by atoms with Crippen LogP contribution in [0.2, 0.25) is 10.3 Å². The maximum absolute atomic E-state index is 6.03. The lowest BCUT2D eigenvalue weighted by Gasteiger charge is -2.19. The first-order chi connectivity index (χ1) is 8.38. The number of hydrogen-bond acceptors (Lipinski definition) is 2. The smallest absolute Gasteiger partial charge is 0.137 e. The molecule has 1 aromatic carbocycles. The van der Waals surface area contributed by atoms with Crippen LogP contribution in [-0.4, -0.2) is 10.2 Å². The highest BCUT2D eigenvalue weighted by atomic mass is 35.5. The number of benzene rings is 1. The van der Waals surface area contributed by atoms with Gasteiger partial charge in [-0.15, -0.1) is 10.2 Å². The summed E-state index contributed by atoms with van der Waals surface area (Å²) in [5, 5.41) is 8.22. The van der Waals surface area contributed by atoms with Crippen LogP contribution >= 0.6 is 23.2 Å². The monoisotopic (exact) mass is 280 g/mol. The van der Waals surface area contributed by atoms with Crippen LogP contribution in [0.3, 0.4) is 0 Å². The van der Waals surface area contributed by atoms with Gasteiger partial charge in [-0.2, -0.15) is 0 Å². The number of nitrogens with zero attached hydrogens (tertiary/aromatic N) is 2. The fourth-order valence-corrected chi connectivity index (χ4v) is 2.05. The van der Waals surface area contributed by atoms with E-state index < -0.39 is 0 Å². The molecule has 2 rings (SSSR count). The van der Waals surface area contributed by atoms with Crippen molar-refractivity contribution in [3.05, 3.63) is 46.2 Å². The highest BCUT2D eigenvalue weighted by molar-refractivity contribution is 6.33. The van der Waals surface area contributed by atoms with Gasteiger partial charge in [-0.05, 0) is 22.6 Å². The molecule has 0 N–H and O–H groups in total. The van der Waals surface area contributed by atoms with Crippen molar-refractivity contribution in [1.82, 2.24) is 10.2 Å². The van der Waals surface area contributed by atoms with Crippen molar-refractivity contribution in [2.24, 2.45) is 0 Å². The zero-order valence-electron chi connectivity index (χ0n) is 10.5. The largest absolute Gasteiger partial charge is 0.159 e. The second-order valence-corrected chi connectivity index (χ2v) is 5.94. The van der Waals surface area contributed by atoms with Crippen LogP contribution < -0.4 is 0 Å². The Morgan fingerprint density at radius 3 is 2.11 bits per heavy atom. The van der Waals surface area contributed by atoms with Gasteiger partial charge >= 0.3 is 0 Å². The molecule has 18 heavy (non-hydrogen) atoms. The third-order valence-corrected chi connectivity index (χ3v) is 3.24. The third kappa shape index (κ3) is 2.82. The van der Waals surface area contributed by atoms with Crippen molar-refractivity contribution >= 4 is 23.2 Å². The lowest BCUT2D eigenvalue weighted by molar-refractivity contribution is 0.590. The van der Waals surface area contributed by atoms with Crippen molar-refractivity contribution in [2.75, 3.05) is 0 Å². The quantitative estimate of drug-likeness (QED) is 0.754. The van der Waals surface area contributed by atoms with Crippen LogP contribution in [0.15, 0.2) is 30.3 Å². The Bertz CT molecular complexity index is 557. The molecule has 0 aliphatic heterocycles. The summed E-state index contributed by atoms with van der Waals surface area (Å²) < 4.78 is 0. The highest BCUT2D eigenvalue weighted by Gasteiger charge is 2.14. The van der Waals surface area contributed by atoms with Crippen LogP contribution in [0.4, 0.5) is 0 Å². The summed E-state index contributed by atoms with van der Waals surface area (Å²) in [5.74, 6) is 0. The Labute approximate surface area is 117 Å². The summed E-state index contributed by atoms with van der Waals surface area (Å²) in [6.45, 7) is 6.54. The molecule has 0 spiro atoms. The predicted octanol–water partition coefficient (Wildman–Crippen LogP) is 4.75. The lowest BCUT2D eigenvalue weighted by Crippen LogP contribution is -2.10. The Kier molecular flexibility index (Phi) is 3.60. The van der Waals surface area contributed by atoms with Gasteiger partial charge < -0.3 is 0 Å². The number of aromatic nitrogens is 2. The summed E-state index contributed by atoms with van der Waals surface area (Å²) in [7, 11) is 0. The average molecular weight is 281 g/mol. The molecule has 0 bridgehead atoms. The van der Waals surface area contributed by atoms with E-state index in [-0.39, 0.29) is 5.41 Å². The third-order valence-electron chi connectivity index (χ3n) is 2.78. The summed E-state index contributed by atoms with van der Waals surface area (Å²) >= 11 is 11.9. The highest BCUT2D eigenvalue weighted by Crippen LogP contribution is 2.30. The molecule has 1 heterocycles. The van der Waals surface area contributed by atoms with Crippen LogP contribution in [0.5, 0.6) is 0 Å².